The van der Waals surface area contributed by atoms with Gasteiger partial charge in [-0.25, -0.2) is 4.39 Å². The third-order valence-corrected chi connectivity index (χ3v) is 3.28. The second-order valence-corrected chi connectivity index (χ2v) is 4.62. The van der Waals surface area contributed by atoms with Gasteiger partial charge in [0.1, 0.15) is 0 Å². The quantitative estimate of drug-likeness (QED) is 0.839. The molecule has 1 saturated heterocycles. The van der Waals surface area contributed by atoms with Gasteiger partial charge in [0.25, 0.3) is 0 Å². The molecule has 0 amide bonds. The number of nitrogens with one attached hydrogen (secondary N) is 1. The van der Waals surface area contributed by atoms with Crippen LogP contribution in [0, 0.1) is 5.82 Å². The number of halogens is 1. The molecular weight excluding hydrogens is 221 g/mol. The summed E-state index contributed by atoms with van der Waals surface area (Å²) in [6.45, 7) is 1.66. The summed E-state index contributed by atoms with van der Waals surface area (Å²) in [5.74, 6) is -0.131. The maximum absolute atomic E-state index is 13.2. The van der Waals surface area contributed by atoms with Crippen molar-refractivity contribution < 1.29 is 14.2 Å². The molecule has 0 unspecified atom stereocenters. The van der Waals surface area contributed by atoms with Gasteiger partial charge in [0.05, 0.1) is 12.7 Å². The van der Waals surface area contributed by atoms with Gasteiger partial charge in [-0.15, -0.1) is 0 Å². The van der Waals surface area contributed by atoms with Crippen LogP contribution in [0.25, 0.3) is 0 Å². The molecule has 4 heteroatoms. The van der Waals surface area contributed by atoms with E-state index < -0.39 is 5.60 Å². The Labute approximate surface area is 101 Å². The third-order valence-electron chi connectivity index (χ3n) is 3.28. The summed E-state index contributed by atoms with van der Waals surface area (Å²) in [6, 6.07) is 4.76. The molecule has 0 radical (unpaired) electrons. The maximum Gasteiger partial charge on any atom is 0.165 e. The first kappa shape index (κ1) is 12.3. The standard InChI is InChI=1S/C13H18FNO2/c1-17-12-8-10(2-3-11(12)14)9-13(16)4-6-15-7-5-13/h2-3,8,15-16H,4-7,9H2,1H3. The van der Waals surface area contributed by atoms with Crippen LogP contribution in [0.4, 0.5) is 4.39 Å². The van der Waals surface area contributed by atoms with Gasteiger partial charge in [-0.2, -0.15) is 0 Å². The summed E-state index contributed by atoms with van der Waals surface area (Å²) in [6.07, 6.45) is 2.00. The Bertz CT molecular complexity index is 389. The highest BCUT2D eigenvalue weighted by Gasteiger charge is 2.29. The van der Waals surface area contributed by atoms with Crippen LogP contribution in [0.15, 0.2) is 18.2 Å². The predicted octanol–water partition coefficient (Wildman–Crippen LogP) is 1.49. The number of ether oxygens (including phenoxy) is 1. The fraction of sp³-hybridized carbons (Fsp3) is 0.538. The summed E-state index contributed by atoms with van der Waals surface area (Å²) >= 11 is 0. The van der Waals surface area contributed by atoms with Crippen molar-refractivity contribution >= 4 is 0 Å². The predicted molar refractivity (Wildman–Crippen MR) is 63.7 cm³/mol. The lowest BCUT2D eigenvalue weighted by Gasteiger charge is -2.32. The molecule has 1 aliphatic heterocycles. The topological polar surface area (TPSA) is 41.5 Å². The minimum atomic E-state index is -0.673. The van der Waals surface area contributed by atoms with Crippen LogP contribution < -0.4 is 10.1 Å². The summed E-state index contributed by atoms with van der Waals surface area (Å²) in [4.78, 5) is 0. The lowest BCUT2D eigenvalue weighted by Crippen LogP contribution is -2.43. The molecule has 17 heavy (non-hydrogen) atoms. The summed E-state index contributed by atoms with van der Waals surface area (Å²) in [5, 5.41) is 13.6. The Kier molecular flexibility index (Phi) is 3.64. The normalized spacial score (nSPS) is 19.0. The third kappa shape index (κ3) is 2.96. The van der Waals surface area contributed by atoms with Crippen molar-refractivity contribution in [2.45, 2.75) is 24.9 Å². The zero-order valence-corrected chi connectivity index (χ0v) is 10.0. The van der Waals surface area contributed by atoms with E-state index in [4.69, 9.17) is 4.74 Å². The largest absolute Gasteiger partial charge is 0.494 e. The first-order chi connectivity index (χ1) is 8.13. The Hall–Kier alpha value is -1.13. The van der Waals surface area contributed by atoms with E-state index in [2.05, 4.69) is 5.32 Å². The maximum atomic E-state index is 13.2. The van der Waals surface area contributed by atoms with Crippen LogP contribution in [0.1, 0.15) is 18.4 Å². The molecule has 0 atom stereocenters. The zero-order chi connectivity index (χ0) is 12.3. The Morgan fingerprint density at radius 2 is 2.12 bits per heavy atom. The van der Waals surface area contributed by atoms with Gasteiger partial charge in [-0.05, 0) is 43.6 Å². The molecular formula is C13H18FNO2. The summed E-state index contributed by atoms with van der Waals surface area (Å²) < 4.78 is 18.2. The first-order valence-corrected chi connectivity index (χ1v) is 5.88. The van der Waals surface area contributed by atoms with Crippen molar-refractivity contribution in [2.24, 2.45) is 0 Å². The first-order valence-electron chi connectivity index (χ1n) is 5.88. The number of benzene rings is 1. The van der Waals surface area contributed by atoms with Gasteiger partial charge < -0.3 is 15.2 Å². The molecule has 0 spiro atoms. The van der Waals surface area contributed by atoms with Gasteiger partial charge in [0.15, 0.2) is 11.6 Å². The van der Waals surface area contributed by atoms with Crippen LogP contribution >= 0.6 is 0 Å². The van der Waals surface area contributed by atoms with Crippen molar-refractivity contribution in [3.05, 3.63) is 29.6 Å². The van der Waals surface area contributed by atoms with Gasteiger partial charge in [0, 0.05) is 6.42 Å². The monoisotopic (exact) mass is 239 g/mol. The Morgan fingerprint density at radius 3 is 2.76 bits per heavy atom. The number of aliphatic hydroxyl groups is 1. The van der Waals surface area contributed by atoms with Crippen molar-refractivity contribution in [1.82, 2.24) is 5.32 Å². The molecule has 3 nitrogen and oxygen atoms in total. The average Bonchev–Trinajstić information content (AvgIpc) is 2.32. The molecule has 1 aliphatic rings. The van der Waals surface area contributed by atoms with Crippen molar-refractivity contribution in [2.75, 3.05) is 20.2 Å². The SMILES string of the molecule is COc1cc(CC2(O)CCNCC2)ccc1F. The van der Waals surface area contributed by atoms with Crippen LogP contribution in [0.5, 0.6) is 5.75 Å². The van der Waals surface area contributed by atoms with Crippen molar-refractivity contribution in [1.29, 1.82) is 0 Å². The molecule has 1 heterocycles. The number of hydrogen-bond donors (Lipinski definition) is 2. The average molecular weight is 239 g/mol. The molecule has 0 saturated carbocycles. The second-order valence-electron chi connectivity index (χ2n) is 4.62. The smallest absolute Gasteiger partial charge is 0.165 e. The second kappa shape index (κ2) is 5.02. The minimum Gasteiger partial charge on any atom is -0.494 e. The van der Waals surface area contributed by atoms with Crippen LogP contribution in [0.2, 0.25) is 0 Å². The molecule has 2 rings (SSSR count). The Morgan fingerprint density at radius 1 is 1.41 bits per heavy atom. The van der Waals surface area contributed by atoms with E-state index in [-0.39, 0.29) is 11.6 Å². The highest BCUT2D eigenvalue weighted by molar-refractivity contribution is 5.31. The molecule has 2 N–H and O–H groups in total. The summed E-state index contributed by atoms with van der Waals surface area (Å²) in [5.41, 5.74) is 0.237. The van der Waals surface area contributed by atoms with E-state index in [1.165, 1.54) is 13.2 Å². The molecule has 0 bridgehead atoms. The van der Waals surface area contributed by atoms with Gasteiger partial charge >= 0.3 is 0 Å². The lowest BCUT2D eigenvalue weighted by atomic mass is 9.86. The highest BCUT2D eigenvalue weighted by atomic mass is 19.1. The number of hydrogen-bond acceptors (Lipinski definition) is 3. The fourth-order valence-electron chi connectivity index (χ4n) is 2.26. The Balaban J connectivity index is 2.12. The molecule has 0 aromatic heterocycles. The van der Waals surface area contributed by atoms with Gasteiger partial charge in [-0.3, -0.25) is 0 Å². The van der Waals surface area contributed by atoms with Crippen molar-refractivity contribution in [3.8, 4) is 5.75 Å². The zero-order valence-electron chi connectivity index (χ0n) is 10.0. The van der Waals surface area contributed by atoms with Crippen LogP contribution in [-0.4, -0.2) is 30.9 Å². The van der Waals surface area contributed by atoms with E-state index >= 15 is 0 Å². The minimum absolute atomic E-state index is 0.236. The van der Waals surface area contributed by atoms with E-state index in [9.17, 15) is 9.50 Å². The van der Waals surface area contributed by atoms with Crippen LogP contribution in [0.3, 0.4) is 0 Å². The molecule has 1 aromatic rings. The molecule has 94 valence electrons. The highest BCUT2D eigenvalue weighted by Crippen LogP contribution is 2.26. The number of rotatable bonds is 3. The van der Waals surface area contributed by atoms with Crippen LogP contribution in [-0.2, 0) is 6.42 Å². The van der Waals surface area contributed by atoms with Gasteiger partial charge in [-0.1, -0.05) is 6.07 Å². The molecule has 0 aliphatic carbocycles. The molecule has 1 aromatic carbocycles. The fourth-order valence-corrected chi connectivity index (χ4v) is 2.26. The lowest BCUT2D eigenvalue weighted by molar-refractivity contribution is 0.0108. The number of methoxy groups -OCH3 is 1. The number of piperidine rings is 1. The van der Waals surface area contributed by atoms with Gasteiger partial charge in [0.2, 0.25) is 0 Å². The van der Waals surface area contributed by atoms with E-state index in [0.717, 1.165) is 31.5 Å². The van der Waals surface area contributed by atoms with Crippen molar-refractivity contribution in [3.63, 3.8) is 0 Å². The van der Waals surface area contributed by atoms with E-state index in [1.54, 1.807) is 12.1 Å². The molecule has 1 fully saturated rings. The van der Waals surface area contributed by atoms with E-state index in [1.807, 2.05) is 0 Å². The summed E-state index contributed by atoms with van der Waals surface area (Å²) in [7, 11) is 1.45. The van der Waals surface area contributed by atoms with E-state index in [0.29, 0.717) is 6.42 Å².